The Morgan fingerprint density at radius 3 is 2.68 bits per heavy atom. The van der Waals surface area contributed by atoms with Crippen LogP contribution in [0.4, 0.5) is 5.69 Å². The first kappa shape index (κ1) is 13.8. The summed E-state index contributed by atoms with van der Waals surface area (Å²) < 4.78 is 2.84. The van der Waals surface area contributed by atoms with Gasteiger partial charge in [0.05, 0.1) is 0 Å². The third-order valence-corrected chi connectivity index (χ3v) is 3.30. The summed E-state index contributed by atoms with van der Waals surface area (Å²) in [5, 5.41) is 2.85. The van der Waals surface area contributed by atoms with E-state index in [1.54, 1.807) is 0 Å². The van der Waals surface area contributed by atoms with E-state index in [2.05, 4.69) is 21.2 Å². The van der Waals surface area contributed by atoms with E-state index in [4.69, 9.17) is 5.73 Å². The van der Waals surface area contributed by atoms with Crippen molar-refractivity contribution >= 4 is 27.5 Å². The van der Waals surface area contributed by atoms with Crippen LogP contribution in [0.1, 0.15) is 18.7 Å². The summed E-state index contributed by atoms with van der Waals surface area (Å²) in [6.07, 6.45) is 1.86. The van der Waals surface area contributed by atoms with Gasteiger partial charge in [-0.05, 0) is 43.3 Å². The number of amides is 1. The molecule has 1 heterocycles. The second kappa shape index (κ2) is 6.04. The Kier molecular flexibility index (Phi) is 4.39. The molecular formula is C14H16BrN3O. The first-order valence-electron chi connectivity index (χ1n) is 6.02. The maximum absolute atomic E-state index is 12.0. The van der Waals surface area contributed by atoms with Crippen LogP contribution in [0.2, 0.25) is 0 Å². The number of hydrogen-bond donors (Lipinski definition) is 2. The SMILES string of the molecule is CC(N)c1cccn1CC(=O)Nc1ccc(Br)cc1. The largest absolute Gasteiger partial charge is 0.341 e. The van der Waals surface area contributed by atoms with E-state index in [9.17, 15) is 4.79 Å². The van der Waals surface area contributed by atoms with Gasteiger partial charge in [-0.3, -0.25) is 4.79 Å². The fourth-order valence-corrected chi connectivity index (χ4v) is 2.14. The summed E-state index contributed by atoms with van der Waals surface area (Å²) in [6, 6.07) is 11.2. The zero-order valence-corrected chi connectivity index (χ0v) is 12.2. The molecule has 1 aromatic carbocycles. The van der Waals surface area contributed by atoms with Crippen LogP contribution in [0.5, 0.6) is 0 Å². The van der Waals surface area contributed by atoms with E-state index in [-0.39, 0.29) is 18.5 Å². The summed E-state index contributed by atoms with van der Waals surface area (Å²) in [7, 11) is 0. The number of rotatable bonds is 4. The summed E-state index contributed by atoms with van der Waals surface area (Å²) in [5.74, 6) is -0.0691. The van der Waals surface area contributed by atoms with Gasteiger partial charge in [-0.1, -0.05) is 15.9 Å². The maximum atomic E-state index is 12.0. The number of hydrogen-bond acceptors (Lipinski definition) is 2. The van der Waals surface area contributed by atoms with E-state index < -0.39 is 0 Å². The zero-order valence-electron chi connectivity index (χ0n) is 10.6. The molecule has 0 radical (unpaired) electrons. The summed E-state index contributed by atoms with van der Waals surface area (Å²) >= 11 is 3.35. The molecule has 0 aliphatic heterocycles. The maximum Gasteiger partial charge on any atom is 0.244 e. The lowest BCUT2D eigenvalue weighted by atomic mass is 10.2. The highest BCUT2D eigenvalue weighted by molar-refractivity contribution is 9.10. The van der Waals surface area contributed by atoms with Gasteiger partial charge in [-0.2, -0.15) is 0 Å². The van der Waals surface area contributed by atoms with Crippen LogP contribution in [0, 0.1) is 0 Å². The molecule has 0 aliphatic rings. The van der Waals surface area contributed by atoms with E-state index in [0.717, 1.165) is 15.9 Å². The van der Waals surface area contributed by atoms with E-state index in [0.29, 0.717) is 0 Å². The molecule has 3 N–H and O–H groups in total. The van der Waals surface area contributed by atoms with Crippen LogP contribution in [0.15, 0.2) is 47.1 Å². The standard InChI is InChI=1S/C14H16BrN3O/c1-10(16)13-3-2-8-18(13)9-14(19)17-12-6-4-11(15)5-7-12/h2-8,10H,9,16H2,1H3,(H,17,19). The third-order valence-electron chi connectivity index (χ3n) is 2.77. The Morgan fingerprint density at radius 2 is 2.05 bits per heavy atom. The molecule has 19 heavy (non-hydrogen) atoms. The van der Waals surface area contributed by atoms with E-state index >= 15 is 0 Å². The lowest BCUT2D eigenvalue weighted by molar-refractivity contribution is -0.116. The summed E-state index contributed by atoms with van der Waals surface area (Å²) in [6.45, 7) is 2.17. The fourth-order valence-electron chi connectivity index (χ4n) is 1.87. The molecule has 0 spiro atoms. The molecular weight excluding hydrogens is 306 g/mol. The molecule has 100 valence electrons. The topological polar surface area (TPSA) is 60.0 Å². The number of anilines is 1. The Morgan fingerprint density at radius 1 is 1.37 bits per heavy atom. The van der Waals surface area contributed by atoms with Crippen molar-refractivity contribution in [2.45, 2.75) is 19.5 Å². The number of benzene rings is 1. The zero-order chi connectivity index (χ0) is 13.8. The number of nitrogens with two attached hydrogens (primary N) is 1. The van der Waals surface area contributed by atoms with Gasteiger partial charge in [0.15, 0.2) is 0 Å². The third kappa shape index (κ3) is 3.68. The highest BCUT2D eigenvalue weighted by Crippen LogP contribution is 2.15. The number of nitrogens with one attached hydrogen (secondary N) is 1. The van der Waals surface area contributed by atoms with Gasteiger partial charge in [0.2, 0.25) is 5.91 Å². The van der Waals surface area contributed by atoms with Gasteiger partial charge in [-0.25, -0.2) is 0 Å². The molecule has 0 saturated heterocycles. The van der Waals surface area contributed by atoms with Gasteiger partial charge >= 0.3 is 0 Å². The van der Waals surface area contributed by atoms with Crippen LogP contribution in [-0.2, 0) is 11.3 Å². The number of carbonyl (C=O) groups excluding carboxylic acids is 1. The van der Waals surface area contributed by atoms with Crippen LogP contribution in [0.3, 0.4) is 0 Å². The van der Waals surface area contributed by atoms with Crippen molar-refractivity contribution in [1.82, 2.24) is 4.57 Å². The van der Waals surface area contributed by atoms with Gasteiger partial charge in [0.1, 0.15) is 6.54 Å². The average molecular weight is 322 g/mol. The van der Waals surface area contributed by atoms with Crippen LogP contribution >= 0.6 is 15.9 Å². The Labute approximate surface area is 120 Å². The molecule has 1 aromatic heterocycles. The molecule has 0 bridgehead atoms. The van der Waals surface area contributed by atoms with Crippen molar-refractivity contribution in [3.63, 3.8) is 0 Å². The number of carbonyl (C=O) groups is 1. The van der Waals surface area contributed by atoms with Gasteiger partial charge in [0.25, 0.3) is 0 Å². The van der Waals surface area contributed by atoms with Crippen molar-refractivity contribution in [3.05, 3.63) is 52.8 Å². The molecule has 5 heteroatoms. The van der Waals surface area contributed by atoms with Crippen molar-refractivity contribution in [1.29, 1.82) is 0 Å². The molecule has 0 aliphatic carbocycles. The van der Waals surface area contributed by atoms with Crippen LogP contribution in [0.25, 0.3) is 0 Å². The van der Waals surface area contributed by atoms with Gasteiger partial charge < -0.3 is 15.6 Å². The van der Waals surface area contributed by atoms with Crippen molar-refractivity contribution in [2.75, 3.05) is 5.32 Å². The van der Waals surface area contributed by atoms with E-state index in [1.165, 1.54) is 0 Å². The number of aromatic nitrogens is 1. The smallest absolute Gasteiger partial charge is 0.244 e. The Hall–Kier alpha value is -1.59. The molecule has 1 unspecified atom stereocenters. The minimum Gasteiger partial charge on any atom is -0.341 e. The summed E-state index contributed by atoms with van der Waals surface area (Å²) in [5.41, 5.74) is 7.58. The minimum atomic E-state index is -0.0875. The highest BCUT2D eigenvalue weighted by Gasteiger charge is 2.09. The van der Waals surface area contributed by atoms with E-state index in [1.807, 2.05) is 54.1 Å². The van der Waals surface area contributed by atoms with Crippen molar-refractivity contribution in [3.8, 4) is 0 Å². The van der Waals surface area contributed by atoms with Crippen LogP contribution in [-0.4, -0.2) is 10.5 Å². The van der Waals surface area contributed by atoms with Gasteiger partial charge in [-0.15, -0.1) is 0 Å². The van der Waals surface area contributed by atoms with Crippen molar-refractivity contribution in [2.24, 2.45) is 5.73 Å². The van der Waals surface area contributed by atoms with Crippen LogP contribution < -0.4 is 11.1 Å². The Balaban J connectivity index is 2.01. The quantitative estimate of drug-likeness (QED) is 0.909. The van der Waals surface area contributed by atoms with Crippen molar-refractivity contribution < 1.29 is 4.79 Å². The second-order valence-corrected chi connectivity index (χ2v) is 5.32. The minimum absolute atomic E-state index is 0.0691. The van der Waals surface area contributed by atoms with Gasteiger partial charge in [0, 0.05) is 28.1 Å². The molecule has 2 aromatic rings. The number of halogens is 1. The number of nitrogens with zero attached hydrogens (tertiary/aromatic N) is 1. The average Bonchev–Trinajstić information content (AvgIpc) is 2.80. The predicted molar refractivity (Wildman–Crippen MR) is 79.8 cm³/mol. The first-order valence-corrected chi connectivity index (χ1v) is 6.81. The second-order valence-electron chi connectivity index (χ2n) is 4.40. The molecule has 4 nitrogen and oxygen atoms in total. The molecule has 2 rings (SSSR count). The molecule has 0 saturated carbocycles. The fraction of sp³-hybridized carbons (Fsp3) is 0.214. The highest BCUT2D eigenvalue weighted by atomic mass is 79.9. The first-order chi connectivity index (χ1) is 9.06. The monoisotopic (exact) mass is 321 g/mol. The molecule has 1 amide bonds. The molecule has 1 atom stereocenters. The summed E-state index contributed by atoms with van der Waals surface area (Å²) in [4.78, 5) is 12.0. The molecule has 0 fully saturated rings. The lowest BCUT2D eigenvalue weighted by Crippen LogP contribution is -2.21. The normalized spacial score (nSPS) is 12.2. The lowest BCUT2D eigenvalue weighted by Gasteiger charge is -2.12. The predicted octanol–water partition coefficient (Wildman–Crippen LogP) is 2.91. The Bertz CT molecular complexity index is 560.